The van der Waals surface area contributed by atoms with E-state index in [1.165, 1.54) is 29.2 Å². The molecule has 3 aliphatic rings. The maximum Gasteiger partial charge on any atom is 0.415 e. The number of fused-ring (bicyclic) bond motifs is 2. The summed E-state index contributed by atoms with van der Waals surface area (Å²) >= 11 is 0. The predicted molar refractivity (Wildman–Crippen MR) is 223 cm³/mol. The van der Waals surface area contributed by atoms with Crippen LogP contribution in [-0.2, 0) is 16.1 Å². The second-order valence-electron chi connectivity index (χ2n) is 15.1. The molecule has 3 aromatic carbocycles. The number of aliphatic hydroxyl groups is 2. The number of carbonyl (C=O) groups is 2. The molecule has 6 unspecified atom stereocenters. The summed E-state index contributed by atoms with van der Waals surface area (Å²) in [5.41, 5.74) is 3.00. The SMILES string of the molecule is C=CCOC12Oc3ccc(OC(=O)NCc4ccccc4)cc3C3C(CCCCO)C(CCCCO)C=C(C(=NOCC)CC1N(C)C(=O)Oc1ccc([N+](=O)[O-])cc1)C32. The molecule has 2 amide bonds. The van der Waals surface area contributed by atoms with Gasteiger partial charge in [-0.2, -0.15) is 0 Å². The maximum absolute atomic E-state index is 14.1. The van der Waals surface area contributed by atoms with Crippen LogP contribution in [0.5, 0.6) is 17.2 Å². The molecule has 1 fully saturated rings. The van der Waals surface area contributed by atoms with Crippen molar-refractivity contribution in [1.82, 2.24) is 10.2 Å². The molecule has 0 bridgehead atoms. The summed E-state index contributed by atoms with van der Waals surface area (Å²) in [5, 5.41) is 38.4. The van der Waals surface area contributed by atoms with Crippen LogP contribution < -0.4 is 19.5 Å². The molecule has 2 aliphatic carbocycles. The minimum atomic E-state index is -1.53. The van der Waals surface area contributed by atoms with E-state index in [-0.39, 0.29) is 62.0 Å². The number of nitrogens with zero attached hydrogens (tertiary/aromatic N) is 3. The largest absolute Gasteiger partial charge is 0.459 e. The van der Waals surface area contributed by atoms with Crippen LogP contribution in [0.25, 0.3) is 0 Å². The van der Waals surface area contributed by atoms with Crippen LogP contribution in [0.3, 0.4) is 0 Å². The number of hydrogen-bond donors (Lipinski definition) is 3. The fraction of sp³-hybridized carbons (Fsp3) is 0.444. The van der Waals surface area contributed by atoms with E-state index in [9.17, 15) is 29.9 Å². The molecule has 0 saturated heterocycles. The summed E-state index contributed by atoms with van der Waals surface area (Å²) in [6.07, 6.45) is 6.80. The number of non-ortho nitro benzene ring substituents is 1. The van der Waals surface area contributed by atoms with Gasteiger partial charge in [-0.15, -0.1) is 6.58 Å². The lowest BCUT2D eigenvalue weighted by molar-refractivity contribution is -0.384. The van der Waals surface area contributed by atoms with Crippen LogP contribution in [0.1, 0.15) is 68.9 Å². The Bertz CT molecular complexity index is 2020. The number of carbonyl (C=O) groups excluding carboxylic acids is 2. The number of amides is 2. The highest BCUT2D eigenvalue weighted by Crippen LogP contribution is 2.61. The first-order valence-corrected chi connectivity index (χ1v) is 20.5. The van der Waals surface area contributed by atoms with Crippen LogP contribution in [-0.4, -0.2) is 83.2 Å². The van der Waals surface area contributed by atoms with Gasteiger partial charge in [0.15, 0.2) is 0 Å². The van der Waals surface area contributed by atoms with Gasteiger partial charge in [-0.3, -0.25) is 10.1 Å². The highest BCUT2D eigenvalue weighted by atomic mass is 16.7. The van der Waals surface area contributed by atoms with Gasteiger partial charge in [-0.1, -0.05) is 60.5 Å². The van der Waals surface area contributed by atoms with Crippen molar-refractivity contribution in [3.8, 4) is 17.2 Å². The quantitative estimate of drug-likeness (QED) is 0.0465. The van der Waals surface area contributed by atoms with Gasteiger partial charge in [0.25, 0.3) is 5.69 Å². The van der Waals surface area contributed by atoms with Crippen LogP contribution >= 0.6 is 0 Å². The van der Waals surface area contributed by atoms with Crippen molar-refractivity contribution in [2.24, 2.45) is 22.9 Å². The summed E-state index contributed by atoms with van der Waals surface area (Å²) in [4.78, 5) is 45.2. The van der Waals surface area contributed by atoms with E-state index in [1.54, 1.807) is 25.3 Å². The molecule has 0 spiro atoms. The number of likely N-dealkylation sites (N-methyl/N-ethyl adjacent to an activating group) is 1. The van der Waals surface area contributed by atoms with Crippen molar-refractivity contribution in [1.29, 1.82) is 0 Å². The fourth-order valence-corrected chi connectivity index (χ4v) is 8.78. The van der Waals surface area contributed by atoms with Gasteiger partial charge < -0.3 is 44.2 Å². The number of nitro benzene ring substituents is 1. The van der Waals surface area contributed by atoms with E-state index in [2.05, 4.69) is 23.1 Å². The Labute approximate surface area is 349 Å². The molecule has 15 heteroatoms. The van der Waals surface area contributed by atoms with Crippen molar-refractivity contribution in [2.75, 3.05) is 33.5 Å². The number of allylic oxidation sites excluding steroid dienone is 1. The van der Waals surface area contributed by atoms with E-state index in [0.717, 1.165) is 42.4 Å². The smallest absolute Gasteiger partial charge is 0.415 e. The van der Waals surface area contributed by atoms with E-state index in [4.69, 9.17) is 23.8 Å². The third kappa shape index (κ3) is 9.81. The number of nitro groups is 1. The average molecular weight is 827 g/mol. The maximum atomic E-state index is 14.1. The average Bonchev–Trinajstić information content (AvgIpc) is 3.25. The molecule has 3 N–H and O–H groups in total. The third-order valence-corrected chi connectivity index (χ3v) is 11.4. The Morgan fingerprint density at radius 2 is 1.73 bits per heavy atom. The van der Waals surface area contributed by atoms with Gasteiger partial charge >= 0.3 is 12.2 Å². The molecule has 6 atom stereocenters. The summed E-state index contributed by atoms with van der Waals surface area (Å²) in [6, 6.07) is 19.1. The number of aliphatic hydroxyl groups excluding tert-OH is 2. The Morgan fingerprint density at radius 3 is 2.42 bits per heavy atom. The van der Waals surface area contributed by atoms with Gasteiger partial charge in [0.2, 0.25) is 5.79 Å². The van der Waals surface area contributed by atoms with Crippen LogP contribution in [0.15, 0.2) is 102 Å². The van der Waals surface area contributed by atoms with Crippen molar-refractivity contribution in [3.05, 3.63) is 118 Å². The van der Waals surface area contributed by atoms with Gasteiger partial charge in [0.1, 0.15) is 29.9 Å². The lowest BCUT2D eigenvalue weighted by Gasteiger charge is -2.59. The zero-order valence-corrected chi connectivity index (χ0v) is 34.1. The highest BCUT2D eigenvalue weighted by Gasteiger charge is 2.65. The van der Waals surface area contributed by atoms with Crippen molar-refractivity contribution in [3.63, 3.8) is 0 Å². The van der Waals surface area contributed by atoms with E-state index in [1.807, 2.05) is 43.3 Å². The first-order valence-electron chi connectivity index (χ1n) is 20.5. The normalized spacial score (nSPS) is 23.2. The van der Waals surface area contributed by atoms with Crippen molar-refractivity contribution in [2.45, 2.75) is 76.2 Å². The molecule has 320 valence electrons. The summed E-state index contributed by atoms with van der Waals surface area (Å²) < 4.78 is 25.6. The fourth-order valence-electron chi connectivity index (χ4n) is 8.78. The number of oxime groups is 1. The summed E-state index contributed by atoms with van der Waals surface area (Å²) in [7, 11) is 1.59. The number of hydrogen-bond acceptors (Lipinski definition) is 12. The first-order chi connectivity index (χ1) is 29.1. The van der Waals surface area contributed by atoms with Gasteiger partial charge in [-0.05, 0) is 85.9 Å². The number of benzene rings is 3. The molecule has 15 nitrogen and oxygen atoms in total. The Balaban J connectivity index is 1.47. The molecule has 0 aromatic heterocycles. The third-order valence-electron chi connectivity index (χ3n) is 11.4. The monoisotopic (exact) mass is 826 g/mol. The Hall–Kier alpha value is -5.77. The molecule has 1 heterocycles. The van der Waals surface area contributed by atoms with Crippen molar-refractivity contribution >= 4 is 23.6 Å². The minimum Gasteiger partial charge on any atom is -0.459 e. The Morgan fingerprint density at radius 1 is 1.02 bits per heavy atom. The highest BCUT2D eigenvalue weighted by molar-refractivity contribution is 6.03. The van der Waals surface area contributed by atoms with E-state index in [0.29, 0.717) is 36.7 Å². The molecule has 3 aromatic rings. The number of unbranched alkanes of at least 4 members (excludes halogenated alkanes) is 2. The van der Waals surface area contributed by atoms with E-state index < -0.39 is 34.9 Å². The zero-order chi connectivity index (χ0) is 42.6. The molecule has 1 aliphatic heterocycles. The van der Waals surface area contributed by atoms with Gasteiger partial charge in [0.05, 0.1) is 23.2 Å². The van der Waals surface area contributed by atoms with Gasteiger partial charge in [-0.25, -0.2) is 9.59 Å². The second-order valence-corrected chi connectivity index (χ2v) is 15.1. The summed E-state index contributed by atoms with van der Waals surface area (Å²) in [6.45, 7) is 6.50. The molecule has 1 saturated carbocycles. The van der Waals surface area contributed by atoms with Crippen LogP contribution in [0.2, 0.25) is 0 Å². The topological polar surface area (TPSA) is 192 Å². The standard InChI is InChI=1S/C45H54N4O11/c1-4-25-56-45-40(48(3)44(53)59-33-19-17-32(18-20-33)49(54)55)28-38(47-57-5-2)36-26-31(15-9-11-23-50)35(16-10-12-24-51)41(42(36)45)37-27-34(21-22-39(37)60-45)58-43(52)46-29-30-13-7-6-8-14-30/h4,6-8,13-14,17-22,26-27,31,35,40-42,50-51H,1,5,9-12,15-16,23-25,28-29H2,2-3H3,(H,46,52). The zero-order valence-electron chi connectivity index (χ0n) is 34.1. The predicted octanol–water partition coefficient (Wildman–Crippen LogP) is 7.67. The lowest BCUT2D eigenvalue weighted by atomic mass is 9.55. The van der Waals surface area contributed by atoms with Gasteiger partial charge in [0, 0.05) is 56.8 Å². The first kappa shape index (κ1) is 43.8. The molecule has 6 rings (SSSR count). The second kappa shape index (κ2) is 20.5. The molecule has 0 radical (unpaired) electrons. The van der Waals surface area contributed by atoms with Crippen LogP contribution in [0.4, 0.5) is 15.3 Å². The molecular formula is C45H54N4O11. The number of rotatable bonds is 19. The van der Waals surface area contributed by atoms with Crippen LogP contribution in [0, 0.1) is 27.9 Å². The van der Waals surface area contributed by atoms with E-state index >= 15 is 0 Å². The number of nitrogens with one attached hydrogen (secondary N) is 1. The molecule has 60 heavy (non-hydrogen) atoms. The number of ether oxygens (including phenoxy) is 4. The molecular weight excluding hydrogens is 773 g/mol. The van der Waals surface area contributed by atoms with Crippen molar-refractivity contribution < 1.29 is 48.5 Å². The summed E-state index contributed by atoms with van der Waals surface area (Å²) in [5.74, 6) is -1.62. The minimum absolute atomic E-state index is 0.00139. The lowest BCUT2D eigenvalue weighted by Crippen LogP contribution is -2.69. The Kier molecular flexibility index (Phi) is 14.9.